The van der Waals surface area contributed by atoms with E-state index in [1.54, 1.807) is 18.6 Å². The van der Waals surface area contributed by atoms with Crippen LogP contribution < -0.4 is 5.32 Å². The number of rotatable bonds is 5. The third-order valence-electron chi connectivity index (χ3n) is 3.18. The summed E-state index contributed by atoms with van der Waals surface area (Å²) < 4.78 is 0. The maximum Gasteiger partial charge on any atom is 0.144 e. The van der Waals surface area contributed by atoms with Crippen LogP contribution in [0.15, 0.2) is 18.6 Å². The molecule has 0 radical (unpaired) electrons. The fraction of sp³-hybridized carbons (Fsp3) is 0.692. The second-order valence-electron chi connectivity index (χ2n) is 5.16. The summed E-state index contributed by atoms with van der Waals surface area (Å²) in [5, 5.41) is 3.37. The van der Waals surface area contributed by atoms with Crippen molar-refractivity contribution in [1.82, 2.24) is 14.9 Å². The molecule has 2 heterocycles. The highest BCUT2D eigenvalue weighted by Gasteiger charge is 2.24. The predicted octanol–water partition coefficient (Wildman–Crippen LogP) is 2.01. The highest BCUT2D eigenvalue weighted by molar-refractivity contribution is 5.30. The molecule has 1 fully saturated rings. The minimum absolute atomic E-state index is 0.652. The number of anilines is 1. The minimum atomic E-state index is 0.652. The molecule has 0 spiro atoms. The van der Waals surface area contributed by atoms with Gasteiger partial charge in [0.25, 0.3) is 0 Å². The Labute approximate surface area is 103 Å². The van der Waals surface area contributed by atoms with Gasteiger partial charge in [0.1, 0.15) is 5.82 Å². The molecule has 2 rings (SSSR count). The molecule has 1 aromatic heterocycles. The predicted molar refractivity (Wildman–Crippen MR) is 70.0 cm³/mol. The first-order valence-corrected chi connectivity index (χ1v) is 6.49. The molecule has 4 nitrogen and oxygen atoms in total. The smallest absolute Gasteiger partial charge is 0.144 e. The molecule has 0 aromatic carbocycles. The van der Waals surface area contributed by atoms with E-state index in [0.717, 1.165) is 18.3 Å². The van der Waals surface area contributed by atoms with Crippen molar-refractivity contribution in [3.05, 3.63) is 18.6 Å². The standard InChI is InChI=1S/C13H22N4/c1-11(2)10-17-7-3-4-12(17)8-16-13-9-14-5-6-15-13/h5-6,9,11-12H,3-4,7-8,10H2,1-2H3,(H,15,16)/t12-/m1/s1. The SMILES string of the molecule is CC(C)CN1CCC[C@@H]1CNc1cnccn1. The topological polar surface area (TPSA) is 41.0 Å². The molecule has 4 heteroatoms. The van der Waals surface area contributed by atoms with E-state index >= 15 is 0 Å². The zero-order chi connectivity index (χ0) is 12.1. The molecule has 1 saturated heterocycles. The van der Waals surface area contributed by atoms with Crippen molar-refractivity contribution in [3.63, 3.8) is 0 Å². The van der Waals surface area contributed by atoms with E-state index in [9.17, 15) is 0 Å². The lowest BCUT2D eigenvalue weighted by Gasteiger charge is -2.26. The summed E-state index contributed by atoms with van der Waals surface area (Å²) >= 11 is 0. The monoisotopic (exact) mass is 234 g/mol. The van der Waals surface area contributed by atoms with Crippen LogP contribution in [0.5, 0.6) is 0 Å². The Morgan fingerprint density at radius 2 is 2.35 bits per heavy atom. The van der Waals surface area contributed by atoms with E-state index in [1.807, 2.05) is 0 Å². The van der Waals surface area contributed by atoms with Crippen LogP contribution in [0, 0.1) is 5.92 Å². The van der Waals surface area contributed by atoms with E-state index in [0.29, 0.717) is 6.04 Å². The van der Waals surface area contributed by atoms with Crippen LogP contribution in [-0.4, -0.2) is 40.5 Å². The van der Waals surface area contributed by atoms with Gasteiger partial charge in [-0.15, -0.1) is 0 Å². The quantitative estimate of drug-likeness (QED) is 0.846. The lowest BCUT2D eigenvalue weighted by molar-refractivity contribution is 0.234. The molecule has 0 amide bonds. The molecule has 17 heavy (non-hydrogen) atoms. The third kappa shape index (κ3) is 3.66. The normalized spacial score (nSPS) is 21.0. The molecule has 0 saturated carbocycles. The maximum atomic E-state index is 4.23. The van der Waals surface area contributed by atoms with Crippen molar-refractivity contribution >= 4 is 5.82 Å². The van der Waals surface area contributed by atoms with Gasteiger partial charge < -0.3 is 5.32 Å². The lowest BCUT2D eigenvalue weighted by Crippen LogP contribution is -2.37. The molecule has 1 atom stereocenters. The number of hydrogen-bond acceptors (Lipinski definition) is 4. The van der Waals surface area contributed by atoms with E-state index in [4.69, 9.17) is 0 Å². The van der Waals surface area contributed by atoms with Crippen molar-refractivity contribution in [1.29, 1.82) is 0 Å². The van der Waals surface area contributed by atoms with Crippen LogP contribution in [0.1, 0.15) is 26.7 Å². The Kier molecular flexibility index (Phi) is 4.31. The highest BCUT2D eigenvalue weighted by atomic mass is 15.2. The first-order valence-electron chi connectivity index (χ1n) is 6.49. The average molecular weight is 234 g/mol. The van der Waals surface area contributed by atoms with Gasteiger partial charge in [0.15, 0.2) is 0 Å². The number of likely N-dealkylation sites (tertiary alicyclic amines) is 1. The molecule has 1 aliphatic heterocycles. The van der Waals surface area contributed by atoms with Crippen molar-refractivity contribution < 1.29 is 0 Å². The Balaban J connectivity index is 1.82. The Bertz CT molecular complexity index is 325. The number of hydrogen-bond donors (Lipinski definition) is 1. The van der Waals surface area contributed by atoms with Gasteiger partial charge >= 0.3 is 0 Å². The summed E-state index contributed by atoms with van der Waals surface area (Å²) in [6.45, 7) is 7.99. The van der Waals surface area contributed by atoms with Crippen molar-refractivity contribution in [3.8, 4) is 0 Å². The first-order chi connectivity index (χ1) is 8.25. The van der Waals surface area contributed by atoms with Crippen molar-refractivity contribution in [2.24, 2.45) is 5.92 Å². The zero-order valence-corrected chi connectivity index (χ0v) is 10.8. The van der Waals surface area contributed by atoms with Gasteiger partial charge in [-0.25, -0.2) is 4.98 Å². The van der Waals surface area contributed by atoms with Gasteiger partial charge in [-0.3, -0.25) is 9.88 Å². The first kappa shape index (κ1) is 12.3. The van der Waals surface area contributed by atoms with E-state index in [-0.39, 0.29) is 0 Å². The van der Waals surface area contributed by atoms with Crippen LogP contribution in [0.25, 0.3) is 0 Å². The van der Waals surface area contributed by atoms with Crippen LogP contribution in [0.2, 0.25) is 0 Å². The number of nitrogens with one attached hydrogen (secondary N) is 1. The number of aromatic nitrogens is 2. The van der Waals surface area contributed by atoms with Crippen molar-refractivity contribution in [2.75, 3.05) is 25.0 Å². The van der Waals surface area contributed by atoms with Crippen LogP contribution in [0.4, 0.5) is 5.82 Å². The average Bonchev–Trinajstić information content (AvgIpc) is 2.74. The molecular formula is C13H22N4. The summed E-state index contributed by atoms with van der Waals surface area (Å²) in [6.07, 6.45) is 7.82. The van der Waals surface area contributed by atoms with E-state index in [1.165, 1.54) is 25.9 Å². The van der Waals surface area contributed by atoms with E-state index < -0.39 is 0 Å². The molecule has 1 aliphatic rings. The molecular weight excluding hydrogens is 212 g/mol. The largest absolute Gasteiger partial charge is 0.367 e. The van der Waals surface area contributed by atoms with Gasteiger partial charge in [0.2, 0.25) is 0 Å². The van der Waals surface area contributed by atoms with Crippen molar-refractivity contribution in [2.45, 2.75) is 32.7 Å². The van der Waals surface area contributed by atoms with Gasteiger partial charge in [-0.2, -0.15) is 0 Å². The Morgan fingerprint density at radius 1 is 1.47 bits per heavy atom. The summed E-state index contributed by atoms with van der Waals surface area (Å²) in [4.78, 5) is 10.9. The van der Waals surface area contributed by atoms with Crippen LogP contribution in [0.3, 0.4) is 0 Å². The molecule has 0 bridgehead atoms. The highest BCUT2D eigenvalue weighted by Crippen LogP contribution is 2.18. The summed E-state index contributed by atoms with van der Waals surface area (Å²) in [7, 11) is 0. The zero-order valence-electron chi connectivity index (χ0n) is 10.8. The van der Waals surface area contributed by atoms with Gasteiger partial charge in [-0.05, 0) is 25.3 Å². The third-order valence-corrected chi connectivity index (χ3v) is 3.18. The molecule has 1 aromatic rings. The number of nitrogens with zero attached hydrogens (tertiary/aromatic N) is 3. The Hall–Kier alpha value is -1.16. The molecule has 0 aliphatic carbocycles. The molecule has 0 unspecified atom stereocenters. The lowest BCUT2D eigenvalue weighted by atomic mass is 10.1. The van der Waals surface area contributed by atoms with Gasteiger partial charge in [0, 0.05) is 31.5 Å². The van der Waals surface area contributed by atoms with Crippen LogP contribution in [-0.2, 0) is 0 Å². The molecule has 1 N–H and O–H groups in total. The molecule has 94 valence electrons. The second kappa shape index (κ2) is 5.96. The maximum absolute atomic E-state index is 4.23. The second-order valence-corrected chi connectivity index (χ2v) is 5.16. The Morgan fingerprint density at radius 3 is 3.06 bits per heavy atom. The fourth-order valence-electron chi connectivity index (χ4n) is 2.45. The van der Waals surface area contributed by atoms with Crippen LogP contribution >= 0.6 is 0 Å². The summed E-state index contributed by atoms with van der Waals surface area (Å²) in [6, 6.07) is 0.652. The van der Waals surface area contributed by atoms with Gasteiger partial charge in [-0.1, -0.05) is 13.8 Å². The summed E-state index contributed by atoms with van der Waals surface area (Å²) in [5.74, 6) is 1.62. The summed E-state index contributed by atoms with van der Waals surface area (Å²) in [5.41, 5.74) is 0. The fourth-order valence-corrected chi connectivity index (χ4v) is 2.45. The minimum Gasteiger partial charge on any atom is -0.367 e. The van der Waals surface area contributed by atoms with E-state index in [2.05, 4.69) is 34.0 Å². The van der Waals surface area contributed by atoms with Gasteiger partial charge in [0.05, 0.1) is 6.20 Å².